The van der Waals surface area contributed by atoms with Crippen LogP contribution < -0.4 is 0 Å². The van der Waals surface area contributed by atoms with E-state index in [0.717, 1.165) is 13.0 Å². The van der Waals surface area contributed by atoms with Gasteiger partial charge in [-0.3, -0.25) is 4.99 Å². The maximum atomic E-state index is 4.15. The van der Waals surface area contributed by atoms with E-state index in [1.165, 1.54) is 12.8 Å². The minimum absolute atomic E-state index is 1.02. The van der Waals surface area contributed by atoms with E-state index >= 15 is 0 Å². The van der Waals surface area contributed by atoms with E-state index in [9.17, 15) is 0 Å². The zero-order valence-electron chi connectivity index (χ0n) is 5.01. The van der Waals surface area contributed by atoms with Crippen molar-refractivity contribution in [3.8, 4) is 0 Å². The highest BCUT2D eigenvalue weighted by Crippen LogP contribution is 1.95. The highest BCUT2D eigenvalue weighted by Gasteiger charge is 1.83. The van der Waals surface area contributed by atoms with Crippen LogP contribution in [0.15, 0.2) is 17.1 Å². The largest absolute Gasteiger partial charge is 0.297 e. The zero-order chi connectivity index (χ0) is 5.66. The molecule has 0 amide bonds. The first-order valence-electron chi connectivity index (χ1n) is 3.13. The van der Waals surface area contributed by atoms with Crippen molar-refractivity contribution in [3.05, 3.63) is 12.2 Å². The van der Waals surface area contributed by atoms with E-state index in [-0.39, 0.29) is 0 Å². The molecule has 0 aromatic heterocycles. The number of hydrogen-bond acceptors (Lipinski definition) is 1. The van der Waals surface area contributed by atoms with Crippen LogP contribution in [-0.2, 0) is 0 Å². The Balaban J connectivity index is 2.31. The van der Waals surface area contributed by atoms with Gasteiger partial charge < -0.3 is 0 Å². The van der Waals surface area contributed by atoms with Gasteiger partial charge in [-0.1, -0.05) is 12.2 Å². The molecule has 0 spiro atoms. The average Bonchev–Trinajstić information content (AvgIpc) is 1.62. The molecule has 0 saturated carbocycles. The highest BCUT2D eigenvalue weighted by atomic mass is 14.7. The van der Waals surface area contributed by atoms with Gasteiger partial charge in [0.25, 0.3) is 0 Å². The lowest BCUT2D eigenvalue weighted by Crippen LogP contribution is -1.83. The molecule has 1 aliphatic rings. The molecule has 0 N–H and O–H groups in total. The number of allylic oxidation sites excluding steroid dienone is 2. The Morgan fingerprint density at radius 1 is 1.25 bits per heavy atom. The zero-order valence-corrected chi connectivity index (χ0v) is 5.01. The van der Waals surface area contributed by atoms with Crippen molar-refractivity contribution in [1.82, 2.24) is 0 Å². The SMILES string of the molecule is C1=CCCCN=CC1. The third-order valence-electron chi connectivity index (χ3n) is 1.20. The molecule has 1 heterocycles. The predicted molar refractivity (Wildman–Crippen MR) is 36.4 cm³/mol. The first-order valence-corrected chi connectivity index (χ1v) is 3.13. The molecule has 0 bridgehead atoms. The third-order valence-corrected chi connectivity index (χ3v) is 1.20. The second-order valence-corrected chi connectivity index (χ2v) is 1.94. The Morgan fingerprint density at radius 3 is 3.25 bits per heavy atom. The number of aliphatic imine (C=N–C) groups is 1. The van der Waals surface area contributed by atoms with E-state index in [1.807, 2.05) is 6.21 Å². The molecule has 1 aliphatic heterocycles. The second-order valence-electron chi connectivity index (χ2n) is 1.94. The van der Waals surface area contributed by atoms with Crippen molar-refractivity contribution in [2.75, 3.05) is 6.54 Å². The molecule has 0 fully saturated rings. The summed E-state index contributed by atoms with van der Waals surface area (Å²) in [7, 11) is 0. The lowest BCUT2D eigenvalue weighted by atomic mass is 10.2. The van der Waals surface area contributed by atoms with Gasteiger partial charge in [-0.2, -0.15) is 0 Å². The highest BCUT2D eigenvalue weighted by molar-refractivity contribution is 5.59. The monoisotopic (exact) mass is 109 g/mol. The van der Waals surface area contributed by atoms with Gasteiger partial charge in [0.2, 0.25) is 0 Å². The van der Waals surface area contributed by atoms with Crippen LogP contribution in [0.25, 0.3) is 0 Å². The molecule has 44 valence electrons. The number of rotatable bonds is 0. The summed E-state index contributed by atoms with van der Waals surface area (Å²) in [5.41, 5.74) is 0. The van der Waals surface area contributed by atoms with Gasteiger partial charge in [0.05, 0.1) is 0 Å². The van der Waals surface area contributed by atoms with Crippen molar-refractivity contribution < 1.29 is 0 Å². The van der Waals surface area contributed by atoms with E-state index in [4.69, 9.17) is 0 Å². The molecule has 0 atom stereocenters. The molecule has 8 heavy (non-hydrogen) atoms. The molecule has 0 unspecified atom stereocenters. The van der Waals surface area contributed by atoms with Gasteiger partial charge in [-0.15, -0.1) is 0 Å². The summed E-state index contributed by atoms with van der Waals surface area (Å²) in [6, 6.07) is 0. The lowest BCUT2D eigenvalue weighted by Gasteiger charge is -1.93. The van der Waals surface area contributed by atoms with Crippen LogP contribution in [0.4, 0.5) is 0 Å². The summed E-state index contributed by atoms with van der Waals surface area (Å²) in [5.74, 6) is 0. The summed E-state index contributed by atoms with van der Waals surface area (Å²) >= 11 is 0. The summed E-state index contributed by atoms with van der Waals surface area (Å²) in [5, 5.41) is 0. The second kappa shape index (κ2) is 3.42. The molecule has 0 aliphatic carbocycles. The molecule has 0 aromatic rings. The van der Waals surface area contributed by atoms with Gasteiger partial charge in [-0.25, -0.2) is 0 Å². The van der Waals surface area contributed by atoms with Crippen molar-refractivity contribution in [3.63, 3.8) is 0 Å². The number of hydrogen-bond donors (Lipinski definition) is 0. The normalized spacial score (nSPS) is 20.0. The van der Waals surface area contributed by atoms with Gasteiger partial charge in [0, 0.05) is 19.2 Å². The van der Waals surface area contributed by atoms with Crippen LogP contribution >= 0.6 is 0 Å². The predicted octanol–water partition coefficient (Wildman–Crippen LogP) is 1.80. The Morgan fingerprint density at radius 2 is 2.25 bits per heavy atom. The molecular formula is C7H11N. The quantitative estimate of drug-likeness (QED) is 0.420. The minimum atomic E-state index is 1.02. The Labute approximate surface area is 50.1 Å². The van der Waals surface area contributed by atoms with E-state index in [1.54, 1.807) is 0 Å². The minimum Gasteiger partial charge on any atom is -0.297 e. The van der Waals surface area contributed by atoms with Crippen molar-refractivity contribution in [2.24, 2.45) is 4.99 Å². The van der Waals surface area contributed by atoms with E-state index in [2.05, 4.69) is 17.1 Å². The summed E-state index contributed by atoms with van der Waals surface area (Å²) in [4.78, 5) is 4.15. The van der Waals surface area contributed by atoms with Crippen LogP contribution in [0.1, 0.15) is 19.3 Å². The summed E-state index contributed by atoms with van der Waals surface area (Å²) in [6.45, 7) is 1.02. The first-order chi connectivity index (χ1) is 4.00. The fourth-order valence-corrected chi connectivity index (χ4v) is 0.741. The third kappa shape index (κ3) is 1.92. The van der Waals surface area contributed by atoms with E-state index < -0.39 is 0 Å². The van der Waals surface area contributed by atoms with Crippen LogP contribution in [0.3, 0.4) is 0 Å². The molecule has 0 saturated heterocycles. The van der Waals surface area contributed by atoms with Crippen LogP contribution in [0.2, 0.25) is 0 Å². The van der Waals surface area contributed by atoms with Crippen molar-refractivity contribution >= 4 is 6.21 Å². The fourth-order valence-electron chi connectivity index (χ4n) is 0.741. The molecule has 1 heteroatoms. The first kappa shape index (κ1) is 5.54. The standard InChI is InChI=1S/C7H11N/c1-2-4-6-8-7-5-3-1/h1-2,6H,3-5,7H2. The van der Waals surface area contributed by atoms with E-state index in [0.29, 0.717) is 0 Å². The maximum absolute atomic E-state index is 4.15. The van der Waals surface area contributed by atoms with Crippen molar-refractivity contribution in [2.45, 2.75) is 19.3 Å². The van der Waals surface area contributed by atoms with Crippen molar-refractivity contribution in [1.29, 1.82) is 0 Å². The topological polar surface area (TPSA) is 12.4 Å². The molecular weight excluding hydrogens is 98.1 g/mol. The molecule has 0 aromatic carbocycles. The van der Waals surface area contributed by atoms with Gasteiger partial charge in [0.1, 0.15) is 0 Å². The lowest BCUT2D eigenvalue weighted by molar-refractivity contribution is 0.850. The van der Waals surface area contributed by atoms with Crippen LogP contribution in [-0.4, -0.2) is 12.8 Å². The fraction of sp³-hybridized carbons (Fsp3) is 0.571. The maximum Gasteiger partial charge on any atom is 0.0388 e. The Kier molecular flexibility index (Phi) is 2.37. The van der Waals surface area contributed by atoms with Crippen LogP contribution in [0, 0.1) is 0 Å². The smallest absolute Gasteiger partial charge is 0.0388 e. The molecule has 1 nitrogen and oxygen atoms in total. The number of nitrogens with zero attached hydrogens (tertiary/aromatic N) is 1. The summed E-state index contributed by atoms with van der Waals surface area (Å²) < 4.78 is 0. The summed E-state index contributed by atoms with van der Waals surface area (Å²) in [6.07, 6.45) is 9.83. The van der Waals surface area contributed by atoms with Gasteiger partial charge in [0.15, 0.2) is 0 Å². The average molecular weight is 109 g/mol. The molecule has 1 rings (SSSR count). The van der Waals surface area contributed by atoms with Gasteiger partial charge >= 0.3 is 0 Å². The molecule has 0 radical (unpaired) electrons. The Bertz CT molecular complexity index is 91.0. The Hall–Kier alpha value is -0.590. The van der Waals surface area contributed by atoms with Gasteiger partial charge in [-0.05, 0) is 12.8 Å². The van der Waals surface area contributed by atoms with Crippen LogP contribution in [0.5, 0.6) is 0 Å².